The SMILES string of the molecule is CC(C)(Nc1ncc(-c2cc(C(N)=O)ccc2F)cn1)c1cccc(CC(F)F)n1. The topological polar surface area (TPSA) is 93.8 Å². The largest absolute Gasteiger partial charge is 0.366 e. The van der Waals surface area contributed by atoms with Gasteiger partial charge in [-0.1, -0.05) is 6.07 Å². The number of pyridine rings is 1. The van der Waals surface area contributed by atoms with Gasteiger partial charge in [0.05, 0.1) is 17.7 Å². The molecule has 0 fully saturated rings. The predicted molar refractivity (Wildman–Crippen MR) is 107 cm³/mol. The second-order valence-electron chi connectivity index (χ2n) is 7.21. The first-order chi connectivity index (χ1) is 14.2. The minimum atomic E-state index is -2.48. The number of hydrogen-bond acceptors (Lipinski definition) is 5. The van der Waals surface area contributed by atoms with Crippen molar-refractivity contribution >= 4 is 11.9 Å². The van der Waals surface area contributed by atoms with E-state index >= 15 is 0 Å². The van der Waals surface area contributed by atoms with Crippen molar-refractivity contribution in [2.75, 3.05) is 5.32 Å². The van der Waals surface area contributed by atoms with Crippen LogP contribution in [0, 0.1) is 5.82 Å². The van der Waals surface area contributed by atoms with Crippen LogP contribution < -0.4 is 11.1 Å². The summed E-state index contributed by atoms with van der Waals surface area (Å²) in [5.41, 5.74) is 6.03. The number of carbonyl (C=O) groups excluding carboxylic acids is 1. The highest BCUT2D eigenvalue weighted by molar-refractivity contribution is 5.94. The van der Waals surface area contributed by atoms with Gasteiger partial charge in [0.2, 0.25) is 18.3 Å². The monoisotopic (exact) mass is 415 g/mol. The molecular weight excluding hydrogens is 395 g/mol. The molecule has 0 radical (unpaired) electrons. The Morgan fingerprint density at radius 1 is 1.17 bits per heavy atom. The molecule has 6 nitrogen and oxygen atoms in total. The quantitative estimate of drug-likeness (QED) is 0.610. The Bertz CT molecular complexity index is 1050. The molecule has 0 unspecified atom stereocenters. The number of nitrogens with two attached hydrogens (primary N) is 1. The number of nitrogens with one attached hydrogen (secondary N) is 1. The summed E-state index contributed by atoms with van der Waals surface area (Å²) in [7, 11) is 0. The van der Waals surface area contributed by atoms with Gasteiger partial charge in [0.1, 0.15) is 5.82 Å². The zero-order valence-electron chi connectivity index (χ0n) is 16.4. The maximum absolute atomic E-state index is 14.2. The van der Waals surface area contributed by atoms with Crippen LogP contribution in [-0.2, 0) is 12.0 Å². The molecule has 3 rings (SSSR count). The molecule has 0 saturated carbocycles. The van der Waals surface area contributed by atoms with Gasteiger partial charge in [0.15, 0.2) is 0 Å². The third-order valence-corrected chi connectivity index (χ3v) is 4.45. The maximum Gasteiger partial charge on any atom is 0.248 e. The van der Waals surface area contributed by atoms with Crippen LogP contribution in [-0.4, -0.2) is 27.3 Å². The summed E-state index contributed by atoms with van der Waals surface area (Å²) in [6, 6.07) is 8.74. The second kappa shape index (κ2) is 8.48. The van der Waals surface area contributed by atoms with E-state index in [1.54, 1.807) is 18.2 Å². The van der Waals surface area contributed by atoms with Crippen LogP contribution in [0.1, 0.15) is 35.6 Å². The number of carbonyl (C=O) groups is 1. The summed E-state index contributed by atoms with van der Waals surface area (Å²) in [5, 5.41) is 3.10. The summed E-state index contributed by atoms with van der Waals surface area (Å²) in [4.78, 5) is 24.0. The highest BCUT2D eigenvalue weighted by Gasteiger charge is 2.24. The first-order valence-corrected chi connectivity index (χ1v) is 9.10. The van der Waals surface area contributed by atoms with E-state index in [0.717, 1.165) is 6.07 Å². The Morgan fingerprint density at radius 3 is 2.50 bits per heavy atom. The van der Waals surface area contributed by atoms with Crippen molar-refractivity contribution in [3.8, 4) is 11.1 Å². The smallest absolute Gasteiger partial charge is 0.248 e. The van der Waals surface area contributed by atoms with Crippen LogP contribution in [0.25, 0.3) is 11.1 Å². The van der Waals surface area contributed by atoms with Crippen molar-refractivity contribution in [3.63, 3.8) is 0 Å². The summed E-state index contributed by atoms with van der Waals surface area (Å²) < 4.78 is 39.4. The molecule has 0 aliphatic rings. The molecule has 2 aromatic heterocycles. The number of alkyl halides is 2. The minimum absolute atomic E-state index is 0.151. The summed E-state index contributed by atoms with van der Waals surface area (Å²) in [6.07, 6.45) is -0.0802. The fourth-order valence-corrected chi connectivity index (χ4v) is 2.87. The molecule has 0 aliphatic heterocycles. The van der Waals surface area contributed by atoms with E-state index < -0.39 is 30.1 Å². The number of amides is 1. The number of nitrogens with zero attached hydrogens (tertiary/aromatic N) is 3. The van der Waals surface area contributed by atoms with Gasteiger partial charge < -0.3 is 11.1 Å². The molecule has 9 heteroatoms. The highest BCUT2D eigenvalue weighted by atomic mass is 19.3. The molecule has 0 aliphatic carbocycles. The van der Waals surface area contributed by atoms with Crippen molar-refractivity contribution in [1.82, 2.24) is 15.0 Å². The molecule has 156 valence electrons. The number of hydrogen-bond donors (Lipinski definition) is 2. The fraction of sp³-hybridized carbons (Fsp3) is 0.238. The van der Waals surface area contributed by atoms with Gasteiger partial charge in [0, 0.05) is 34.8 Å². The van der Waals surface area contributed by atoms with E-state index in [1.807, 2.05) is 13.8 Å². The van der Waals surface area contributed by atoms with Crippen LogP contribution in [0.5, 0.6) is 0 Å². The Morgan fingerprint density at radius 2 is 1.87 bits per heavy atom. The normalized spacial score (nSPS) is 11.5. The number of primary amides is 1. The van der Waals surface area contributed by atoms with E-state index in [4.69, 9.17) is 5.73 Å². The van der Waals surface area contributed by atoms with Crippen molar-refractivity contribution in [2.45, 2.75) is 32.2 Å². The molecule has 0 bridgehead atoms. The van der Waals surface area contributed by atoms with E-state index in [9.17, 15) is 18.0 Å². The van der Waals surface area contributed by atoms with E-state index in [2.05, 4.69) is 20.3 Å². The Kier molecular flexibility index (Phi) is 6.00. The number of halogens is 3. The molecule has 1 amide bonds. The molecule has 0 atom stereocenters. The van der Waals surface area contributed by atoms with Crippen LogP contribution >= 0.6 is 0 Å². The Labute approximate surface area is 171 Å². The molecular formula is C21H20F3N5O. The van der Waals surface area contributed by atoms with Gasteiger partial charge in [0.25, 0.3) is 0 Å². The van der Waals surface area contributed by atoms with Gasteiger partial charge in [-0.05, 0) is 44.2 Å². The highest BCUT2D eigenvalue weighted by Crippen LogP contribution is 2.26. The third kappa shape index (κ3) is 4.91. The number of benzene rings is 1. The summed E-state index contributed by atoms with van der Waals surface area (Å²) >= 11 is 0. The fourth-order valence-electron chi connectivity index (χ4n) is 2.87. The summed E-state index contributed by atoms with van der Waals surface area (Å²) in [6.45, 7) is 3.63. The van der Waals surface area contributed by atoms with Crippen molar-refractivity contribution < 1.29 is 18.0 Å². The minimum Gasteiger partial charge on any atom is -0.366 e. The zero-order chi connectivity index (χ0) is 21.9. The average Bonchev–Trinajstić information content (AvgIpc) is 2.68. The van der Waals surface area contributed by atoms with Gasteiger partial charge in [-0.25, -0.2) is 23.1 Å². The lowest BCUT2D eigenvalue weighted by Crippen LogP contribution is -2.30. The van der Waals surface area contributed by atoms with Crippen LogP contribution in [0.2, 0.25) is 0 Å². The van der Waals surface area contributed by atoms with Gasteiger partial charge in [-0.15, -0.1) is 0 Å². The predicted octanol–water partition coefficient (Wildman–Crippen LogP) is 3.93. The van der Waals surface area contributed by atoms with Crippen molar-refractivity contribution in [3.05, 3.63) is 71.6 Å². The standard InChI is InChI=1S/C21H20F3N5O/c1-21(2,17-5-3-4-14(28-17)9-18(23)24)29-20-26-10-13(11-27-20)15-8-12(19(25)30)6-7-16(15)22/h3-8,10-11,18H,9H2,1-2H3,(H2,25,30)(H,26,27,29). The second-order valence-corrected chi connectivity index (χ2v) is 7.21. The van der Waals surface area contributed by atoms with Crippen molar-refractivity contribution in [1.29, 1.82) is 0 Å². The third-order valence-electron chi connectivity index (χ3n) is 4.45. The number of anilines is 1. The summed E-state index contributed by atoms with van der Waals surface area (Å²) in [5.74, 6) is -0.959. The van der Waals surface area contributed by atoms with Crippen LogP contribution in [0.3, 0.4) is 0 Å². The van der Waals surface area contributed by atoms with E-state index in [0.29, 0.717) is 17.0 Å². The van der Waals surface area contributed by atoms with Gasteiger partial charge >= 0.3 is 0 Å². The maximum atomic E-state index is 14.2. The zero-order valence-corrected chi connectivity index (χ0v) is 16.4. The Hall–Kier alpha value is -3.49. The first kappa shape index (κ1) is 21.2. The van der Waals surface area contributed by atoms with Gasteiger partial charge in [-0.2, -0.15) is 0 Å². The van der Waals surface area contributed by atoms with E-state index in [-0.39, 0.29) is 17.1 Å². The van der Waals surface area contributed by atoms with E-state index in [1.165, 1.54) is 24.5 Å². The number of aromatic nitrogens is 3. The number of rotatable bonds is 7. The van der Waals surface area contributed by atoms with Crippen LogP contribution in [0.4, 0.5) is 19.1 Å². The molecule has 3 N–H and O–H groups in total. The van der Waals surface area contributed by atoms with Crippen LogP contribution in [0.15, 0.2) is 48.8 Å². The molecule has 3 aromatic rings. The average molecular weight is 415 g/mol. The molecule has 2 heterocycles. The van der Waals surface area contributed by atoms with Gasteiger partial charge in [-0.3, -0.25) is 9.78 Å². The first-order valence-electron chi connectivity index (χ1n) is 9.10. The Balaban J connectivity index is 1.82. The molecule has 1 aromatic carbocycles. The molecule has 30 heavy (non-hydrogen) atoms. The molecule has 0 saturated heterocycles. The molecule has 0 spiro atoms. The lowest BCUT2D eigenvalue weighted by atomic mass is 9.99. The van der Waals surface area contributed by atoms with Crippen molar-refractivity contribution in [2.24, 2.45) is 5.73 Å². The lowest BCUT2D eigenvalue weighted by Gasteiger charge is -2.26. The lowest BCUT2D eigenvalue weighted by molar-refractivity contribution is 0.1000.